The van der Waals surface area contributed by atoms with E-state index in [9.17, 15) is 13.2 Å². The molecule has 0 amide bonds. The first kappa shape index (κ1) is 23.0. The highest BCUT2D eigenvalue weighted by Gasteiger charge is 2.38. The van der Waals surface area contributed by atoms with Crippen molar-refractivity contribution in [2.24, 2.45) is 7.05 Å². The summed E-state index contributed by atoms with van der Waals surface area (Å²) in [5, 5.41) is 11.4. The van der Waals surface area contributed by atoms with E-state index in [4.69, 9.17) is 19.9 Å². The summed E-state index contributed by atoms with van der Waals surface area (Å²) in [6.07, 6.45) is 3.57. The second kappa shape index (κ2) is 9.63. The van der Waals surface area contributed by atoms with Gasteiger partial charge in [-0.1, -0.05) is 0 Å². The molecule has 2 aliphatic rings. The van der Waals surface area contributed by atoms with E-state index in [2.05, 4.69) is 28.0 Å². The van der Waals surface area contributed by atoms with Gasteiger partial charge in [0, 0.05) is 63.6 Å². The van der Waals surface area contributed by atoms with Crippen LogP contribution in [-0.4, -0.2) is 68.1 Å². The first-order valence-corrected chi connectivity index (χ1v) is 10.2. The lowest BCUT2D eigenvalue weighted by atomic mass is 10.1. The zero-order valence-electron chi connectivity index (χ0n) is 17.7. The van der Waals surface area contributed by atoms with Gasteiger partial charge in [-0.05, 0) is 31.7 Å². The third-order valence-electron chi connectivity index (χ3n) is 5.43. The average Bonchev–Trinajstić information content (AvgIpc) is 3.32. The molecule has 0 spiro atoms. The standard InChI is InChI=1S/C18H26N6.C2HF3O2/c1-14-16-5-9-23(13-15-11-19-22(2)12-15)10-6-17(16)21-18(20-14)24-7-3-4-8-24;3-2(4,5)1(6)7/h11-12H,3-10,13H2,1-2H3;(H,6,7). The van der Waals surface area contributed by atoms with Gasteiger partial charge < -0.3 is 10.0 Å². The normalized spacial score (nSPS) is 17.0. The highest BCUT2D eigenvalue weighted by atomic mass is 19.4. The number of nitrogens with zero attached hydrogens (tertiary/aromatic N) is 6. The summed E-state index contributed by atoms with van der Waals surface area (Å²) in [4.78, 5) is 23.5. The Morgan fingerprint density at radius 1 is 1.13 bits per heavy atom. The van der Waals surface area contributed by atoms with Crippen molar-refractivity contribution in [2.45, 2.75) is 45.3 Å². The van der Waals surface area contributed by atoms with E-state index >= 15 is 0 Å². The van der Waals surface area contributed by atoms with Crippen LogP contribution in [0, 0.1) is 6.92 Å². The van der Waals surface area contributed by atoms with Gasteiger partial charge in [-0.2, -0.15) is 18.3 Å². The third-order valence-corrected chi connectivity index (χ3v) is 5.43. The highest BCUT2D eigenvalue weighted by Crippen LogP contribution is 2.23. The maximum atomic E-state index is 10.6. The second-order valence-corrected chi connectivity index (χ2v) is 7.83. The molecule has 0 bridgehead atoms. The van der Waals surface area contributed by atoms with E-state index in [0.29, 0.717) is 0 Å². The molecular weight excluding hydrogens is 413 g/mol. The van der Waals surface area contributed by atoms with E-state index < -0.39 is 12.1 Å². The Kier molecular flexibility index (Phi) is 7.14. The van der Waals surface area contributed by atoms with Crippen LogP contribution < -0.4 is 4.90 Å². The highest BCUT2D eigenvalue weighted by molar-refractivity contribution is 5.73. The first-order chi connectivity index (χ1) is 14.6. The molecule has 11 heteroatoms. The summed E-state index contributed by atoms with van der Waals surface area (Å²) >= 11 is 0. The van der Waals surface area contributed by atoms with Gasteiger partial charge in [-0.25, -0.2) is 14.8 Å². The van der Waals surface area contributed by atoms with Crippen LogP contribution in [0.3, 0.4) is 0 Å². The molecule has 8 nitrogen and oxygen atoms in total. The first-order valence-electron chi connectivity index (χ1n) is 10.2. The molecule has 1 saturated heterocycles. The number of aryl methyl sites for hydroxylation is 2. The Balaban J connectivity index is 0.000000339. The summed E-state index contributed by atoms with van der Waals surface area (Å²) in [6.45, 7) is 7.44. The molecule has 4 rings (SSSR count). The number of carbonyl (C=O) groups is 1. The molecule has 0 radical (unpaired) electrons. The SMILES string of the molecule is Cc1nc(N2CCCC2)nc2c1CCN(Cc1cnn(C)c1)CC2.O=C(O)C(F)(F)F. The van der Waals surface area contributed by atoms with Crippen molar-refractivity contribution in [1.82, 2.24) is 24.6 Å². The van der Waals surface area contributed by atoms with E-state index in [0.717, 1.165) is 51.5 Å². The largest absolute Gasteiger partial charge is 0.490 e. The Labute approximate surface area is 178 Å². The lowest BCUT2D eigenvalue weighted by Crippen LogP contribution is -2.25. The van der Waals surface area contributed by atoms with Gasteiger partial charge in [-0.15, -0.1) is 0 Å². The number of alkyl halides is 3. The Hall–Kier alpha value is -2.69. The van der Waals surface area contributed by atoms with E-state index in [-0.39, 0.29) is 0 Å². The molecule has 2 aliphatic heterocycles. The quantitative estimate of drug-likeness (QED) is 0.784. The number of aromatic nitrogens is 4. The summed E-state index contributed by atoms with van der Waals surface area (Å²) < 4.78 is 33.6. The minimum absolute atomic E-state index is 0.949. The molecule has 0 aliphatic carbocycles. The minimum atomic E-state index is -5.08. The maximum absolute atomic E-state index is 10.6. The van der Waals surface area contributed by atoms with Crippen molar-refractivity contribution >= 4 is 11.9 Å². The Bertz CT molecular complexity index is 909. The molecule has 31 heavy (non-hydrogen) atoms. The lowest BCUT2D eigenvalue weighted by molar-refractivity contribution is -0.192. The van der Waals surface area contributed by atoms with Crippen LogP contribution in [0.1, 0.15) is 35.4 Å². The topological polar surface area (TPSA) is 87.4 Å². The van der Waals surface area contributed by atoms with Crippen LogP contribution in [0.4, 0.5) is 19.1 Å². The third kappa shape index (κ3) is 6.16. The number of hydrogen-bond acceptors (Lipinski definition) is 6. The molecule has 1 fully saturated rings. The van der Waals surface area contributed by atoms with Crippen molar-refractivity contribution < 1.29 is 23.1 Å². The average molecular weight is 440 g/mol. The summed E-state index contributed by atoms with van der Waals surface area (Å²) in [6, 6.07) is 0. The van der Waals surface area contributed by atoms with Crippen LogP contribution in [-0.2, 0) is 31.2 Å². The van der Waals surface area contributed by atoms with Crippen molar-refractivity contribution in [2.75, 3.05) is 31.1 Å². The summed E-state index contributed by atoms with van der Waals surface area (Å²) in [5.41, 5.74) is 5.08. The zero-order chi connectivity index (χ0) is 22.6. The molecular formula is C20H27F3N6O2. The molecule has 0 aromatic carbocycles. The number of rotatable bonds is 3. The van der Waals surface area contributed by atoms with Crippen LogP contribution in [0.2, 0.25) is 0 Å². The van der Waals surface area contributed by atoms with Gasteiger partial charge in [0.25, 0.3) is 0 Å². The number of carboxylic acids is 1. The fourth-order valence-electron chi connectivity index (χ4n) is 3.85. The fraction of sp³-hybridized carbons (Fsp3) is 0.600. The van der Waals surface area contributed by atoms with Gasteiger partial charge in [0.15, 0.2) is 0 Å². The molecule has 2 aromatic rings. The number of hydrogen-bond donors (Lipinski definition) is 1. The van der Waals surface area contributed by atoms with Crippen molar-refractivity contribution in [3.05, 3.63) is 34.9 Å². The van der Waals surface area contributed by atoms with Gasteiger partial charge in [-0.3, -0.25) is 9.58 Å². The fourth-order valence-corrected chi connectivity index (χ4v) is 3.85. The Morgan fingerprint density at radius 2 is 1.77 bits per heavy atom. The van der Waals surface area contributed by atoms with Crippen molar-refractivity contribution in [3.63, 3.8) is 0 Å². The summed E-state index contributed by atoms with van der Waals surface area (Å²) in [5.74, 6) is -1.81. The number of aliphatic carboxylic acids is 1. The molecule has 0 atom stereocenters. The van der Waals surface area contributed by atoms with Gasteiger partial charge >= 0.3 is 12.1 Å². The van der Waals surface area contributed by atoms with Gasteiger partial charge in [0.05, 0.1) is 11.9 Å². The van der Waals surface area contributed by atoms with E-state index in [1.807, 2.05) is 17.9 Å². The van der Waals surface area contributed by atoms with E-state index in [1.165, 1.54) is 35.4 Å². The predicted octanol–water partition coefficient (Wildman–Crippen LogP) is 2.35. The lowest BCUT2D eigenvalue weighted by Gasteiger charge is -2.18. The molecule has 1 N–H and O–H groups in total. The van der Waals surface area contributed by atoms with Crippen LogP contribution in [0.15, 0.2) is 12.4 Å². The summed E-state index contributed by atoms with van der Waals surface area (Å²) in [7, 11) is 1.97. The number of fused-ring (bicyclic) bond motifs is 1. The Morgan fingerprint density at radius 3 is 2.35 bits per heavy atom. The molecule has 0 unspecified atom stereocenters. The molecule has 4 heterocycles. The smallest absolute Gasteiger partial charge is 0.475 e. The predicted molar refractivity (Wildman–Crippen MR) is 108 cm³/mol. The number of carboxylic acid groups (broad SMARTS) is 1. The van der Waals surface area contributed by atoms with Crippen molar-refractivity contribution in [1.29, 1.82) is 0 Å². The monoisotopic (exact) mass is 440 g/mol. The minimum Gasteiger partial charge on any atom is -0.475 e. The maximum Gasteiger partial charge on any atom is 0.490 e. The number of anilines is 1. The van der Waals surface area contributed by atoms with Crippen molar-refractivity contribution in [3.8, 4) is 0 Å². The number of halogens is 3. The molecule has 2 aromatic heterocycles. The molecule has 170 valence electrons. The second-order valence-electron chi connectivity index (χ2n) is 7.83. The van der Waals surface area contributed by atoms with Crippen LogP contribution >= 0.6 is 0 Å². The van der Waals surface area contributed by atoms with Gasteiger partial charge in [0.1, 0.15) is 0 Å². The van der Waals surface area contributed by atoms with E-state index in [1.54, 1.807) is 0 Å². The zero-order valence-corrected chi connectivity index (χ0v) is 17.7. The molecule has 0 saturated carbocycles. The van der Waals surface area contributed by atoms with Gasteiger partial charge in [0.2, 0.25) is 5.95 Å². The van der Waals surface area contributed by atoms with Crippen LogP contribution in [0.5, 0.6) is 0 Å². The van der Waals surface area contributed by atoms with Crippen LogP contribution in [0.25, 0.3) is 0 Å².